The molecule has 0 aliphatic rings. The number of benzene rings is 1. The van der Waals surface area contributed by atoms with Gasteiger partial charge in [-0.25, -0.2) is 4.79 Å². The topological polar surface area (TPSA) is 59.7 Å². The highest BCUT2D eigenvalue weighted by molar-refractivity contribution is 5.98. The van der Waals surface area contributed by atoms with Crippen LogP contribution in [0.3, 0.4) is 0 Å². The average Bonchev–Trinajstić information content (AvgIpc) is 2.74. The third kappa shape index (κ3) is 2.21. The van der Waals surface area contributed by atoms with Gasteiger partial charge in [0.1, 0.15) is 17.9 Å². The summed E-state index contributed by atoms with van der Waals surface area (Å²) in [7, 11) is 0. The summed E-state index contributed by atoms with van der Waals surface area (Å²) in [6.45, 7) is 7.75. The Hall–Kier alpha value is -2.23. The van der Waals surface area contributed by atoms with Gasteiger partial charge >= 0.3 is 5.97 Å². The second-order valence-electron chi connectivity index (χ2n) is 4.24. The largest absolute Gasteiger partial charge is 0.488 e. The lowest BCUT2D eigenvalue weighted by atomic mass is 10.1. The third-order valence-electron chi connectivity index (χ3n) is 3.05. The molecule has 0 fully saturated rings. The summed E-state index contributed by atoms with van der Waals surface area (Å²) in [5.41, 5.74) is 2.15. The lowest BCUT2D eigenvalue weighted by Crippen LogP contribution is -1.99. The van der Waals surface area contributed by atoms with E-state index >= 15 is 0 Å². The molecule has 1 heterocycles. The highest BCUT2D eigenvalue weighted by atomic mass is 16.5. The fraction of sp³-hybridized carbons (Fsp3) is 0.267. The number of rotatable bonds is 5. The fourth-order valence-corrected chi connectivity index (χ4v) is 2.14. The van der Waals surface area contributed by atoms with E-state index in [1.165, 1.54) is 0 Å². The molecular formula is C15H16O4. The number of carbonyl (C=O) groups is 1. The summed E-state index contributed by atoms with van der Waals surface area (Å²) < 4.78 is 11.1. The van der Waals surface area contributed by atoms with Crippen molar-refractivity contribution in [2.24, 2.45) is 0 Å². The van der Waals surface area contributed by atoms with E-state index < -0.39 is 5.97 Å². The molecule has 4 nitrogen and oxygen atoms in total. The Morgan fingerprint density at radius 2 is 2.26 bits per heavy atom. The number of carboxylic acid groups (broad SMARTS) is 1. The van der Waals surface area contributed by atoms with Crippen LogP contribution in [0.2, 0.25) is 0 Å². The lowest BCUT2D eigenvalue weighted by molar-refractivity contribution is 0.0664. The number of aromatic carboxylic acids is 1. The monoisotopic (exact) mass is 260 g/mol. The van der Waals surface area contributed by atoms with Crippen LogP contribution in [-0.2, 0) is 6.42 Å². The second kappa shape index (κ2) is 5.18. The molecule has 0 spiro atoms. The zero-order valence-corrected chi connectivity index (χ0v) is 11.0. The first kappa shape index (κ1) is 13.2. The number of ether oxygens (including phenoxy) is 1. The molecule has 0 unspecified atom stereocenters. The lowest BCUT2D eigenvalue weighted by Gasteiger charge is -2.10. The molecule has 0 atom stereocenters. The highest BCUT2D eigenvalue weighted by Gasteiger charge is 2.21. The van der Waals surface area contributed by atoms with Gasteiger partial charge in [-0.05, 0) is 25.0 Å². The molecule has 0 saturated carbocycles. The number of carboxylic acids is 1. The minimum absolute atomic E-state index is 0.0355. The first-order valence-electron chi connectivity index (χ1n) is 6.12. The molecule has 100 valence electrons. The average molecular weight is 260 g/mol. The van der Waals surface area contributed by atoms with Gasteiger partial charge in [0, 0.05) is 5.56 Å². The van der Waals surface area contributed by atoms with Crippen molar-refractivity contribution in [2.75, 3.05) is 6.61 Å². The maximum absolute atomic E-state index is 11.1. The summed E-state index contributed by atoms with van der Waals surface area (Å²) in [5.74, 6) is -0.415. The molecule has 0 amide bonds. The maximum Gasteiger partial charge on any atom is 0.372 e. The first-order chi connectivity index (χ1) is 9.10. The Bertz CT molecular complexity index is 637. The van der Waals surface area contributed by atoms with Crippen LogP contribution in [0.25, 0.3) is 11.0 Å². The summed E-state index contributed by atoms with van der Waals surface area (Å²) >= 11 is 0. The van der Waals surface area contributed by atoms with E-state index in [4.69, 9.17) is 14.3 Å². The van der Waals surface area contributed by atoms with E-state index in [0.717, 1.165) is 17.4 Å². The quantitative estimate of drug-likeness (QED) is 0.835. The van der Waals surface area contributed by atoms with E-state index in [2.05, 4.69) is 6.58 Å². The van der Waals surface area contributed by atoms with E-state index in [1.807, 2.05) is 13.0 Å². The van der Waals surface area contributed by atoms with E-state index in [9.17, 15) is 4.79 Å². The van der Waals surface area contributed by atoms with Crippen molar-refractivity contribution in [2.45, 2.75) is 20.3 Å². The van der Waals surface area contributed by atoms with Crippen molar-refractivity contribution in [1.29, 1.82) is 0 Å². The van der Waals surface area contributed by atoms with Crippen molar-refractivity contribution in [3.63, 3.8) is 0 Å². The van der Waals surface area contributed by atoms with Crippen LogP contribution < -0.4 is 4.74 Å². The van der Waals surface area contributed by atoms with Crippen LogP contribution in [0.15, 0.2) is 29.2 Å². The van der Waals surface area contributed by atoms with Crippen molar-refractivity contribution in [3.8, 4) is 5.75 Å². The molecule has 0 radical (unpaired) electrons. The Labute approximate surface area is 111 Å². The molecule has 0 aliphatic carbocycles. The van der Waals surface area contributed by atoms with Gasteiger partial charge in [0.25, 0.3) is 0 Å². The first-order valence-corrected chi connectivity index (χ1v) is 6.12. The molecule has 0 bridgehead atoms. The minimum Gasteiger partial charge on any atom is -0.488 e. The number of hydrogen-bond acceptors (Lipinski definition) is 3. The zero-order chi connectivity index (χ0) is 14.0. The van der Waals surface area contributed by atoms with Gasteiger partial charge in [-0.2, -0.15) is 0 Å². The van der Waals surface area contributed by atoms with Gasteiger partial charge in [0.15, 0.2) is 0 Å². The van der Waals surface area contributed by atoms with Crippen molar-refractivity contribution in [3.05, 3.63) is 41.7 Å². The van der Waals surface area contributed by atoms with Crippen molar-refractivity contribution >= 4 is 16.9 Å². The van der Waals surface area contributed by atoms with Crippen LogP contribution in [-0.4, -0.2) is 17.7 Å². The Balaban J connectivity index is 2.72. The van der Waals surface area contributed by atoms with Gasteiger partial charge in [0.05, 0.1) is 5.39 Å². The van der Waals surface area contributed by atoms with E-state index in [0.29, 0.717) is 23.5 Å². The summed E-state index contributed by atoms with van der Waals surface area (Å²) in [6.07, 6.45) is 2.46. The van der Waals surface area contributed by atoms with Crippen LogP contribution in [0.4, 0.5) is 0 Å². The van der Waals surface area contributed by atoms with Gasteiger partial charge < -0.3 is 14.3 Å². The summed E-state index contributed by atoms with van der Waals surface area (Å²) in [5, 5.41) is 9.84. The van der Waals surface area contributed by atoms with Gasteiger partial charge in [0.2, 0.25) is 5.76 Å². The predicted octanol–water partition coefficient (Wildman–Crippen LogP) is 3.57. The van der Waals surface area contributed by atoms with Gasteiger partial charge in [-0.3, -0.25) is 0 Å². The number of fused-ring (bicyclic) bond motifs is 1. The number of aryl methyl sites for hydroxylation is 2. The third-order valence-corrected chi connectivity index (χ3v) is 3.05. The summed E-state index contributed by atoms with van der Waals surface area (Å²) in [4.78, 5) is 11.1. The van der Waals surface area contributed by atoms with Crippen molar-refractivity contribution in [1.82, 2.24) is 0 Å². The predicted molar refractivity (Wildman–Crippen MR) is 73.0 cm³/mol. The second-order valence-corrected chi connectivity index (χ2v) is 4.24. The van der Waals surface area contributed by atoms with Crippen LogP contribution >= 0.6 is 0 Å². The van der Waals surface area contributed by atoms with Gasteiger partial charge in [-0.15, -0.1) is 0 Å². The standard InChI is InChI=1S/C15H16O4/c1-4-8-18-14-10(5-2)6-7-11-12(14)9(3)13(19-11)15(16)17/h4,6-7H,1,5,8H2,2-3H3,(H,16,17). The molecule has 19 heavy (non-hydrogen) atoms. The molecule has 1 aromatic heterocycles. The van der Waals surface area contributed by atoms with Crippen LogP contribution in [0, 0.1) is 6.92 Å². The van der Waals surface area contributed by atoms with Crippen molar-refractivity contribution < 1.29 is 19.1 Å². The zero-order valence-electron chi connectivity index (χ0n) is 11.0. The molecule has 1 aromatic carbocycles. The highest BCUT2D eigenvalue weighted by Crippen LogP contribution is 2.36. The molecule has 2 aromatic rings. The van der Waals surface area contributed by atoms with E-state index in [-0.39, 0.29) is 5.76 Å². The molecule has 0 saturated heterocycles. The smallest absolute Gasteiger partial charge is 0.372 e. The Morgan fingerprint density at radius 3 is 2.84 bits per heavy atom. The molecular weight excluding hydrogens is 244 g/mol. The summed E-state index contributed by atoms with van der Waals surface area (Å²) in [6, 6.07) is 3.68. The molecule has 2 rings (SSSR count). The van der Waals surface area contributed by atoms with Gasteiger partial charge in [-0.1, -0.05) is 25.6 Å². The molecule has 1 N–H and O–H groups in total. The normalized spacial score (nSPS) is 10.6. The van der Waals surface area contributed by atoms with E-state index in [1.54, 1.807) is 19.1 Å². The Kier molecular flexibility index (Phi) is 3.60. The van der Waals surface area contributed by atoms with Crippen LogP contribution in [0.5, 0.6) is 5.75 Å². The SMILES string of the molecule is C=CCOc1c(CC)ccc2oc(C(=O)O)c(C)c12. The number of hydrogen-bond donors (Lipinski definition) is 1. The minimum atomic E-state index is -1.07. The molecule has 0 aliphatic heterocycles. The Morgan fingerprint density at radius 1 is 1.53 bits per heavy atom. The maximum atomic E-state index is 11.1. The van der Waals surface area contributed by atoms with Crippen LogP contribution in [0.1, 0.15) is 28.6 Å². The molecule has 4 heteroatoms. The fourth-order valence-electron chi connectivity index (χ4n) is 2.14. The number of furan rings is 1.